The van der Waals surface area contributed by atoms with Crippen LogP contribution in [0.25, 0.3) is 0 Å². The molecule has 5 aliphatic rings. The van der Waals surface area contributed by atoms with Crippen LogP contribution >= 0.6 is 0 Å². The SMILES string of the molecule is FC(F)(F)c1cc(N2N=N[C@H]3[C@@H]4C[C@@H]([C@H]5CCC[C@H]45)[C@@]32N2CCOCC2)cc(C(F)(F)F)c1. The number of nitrogens with zero attached hydrogens (tertiary/aromatic N) is 4. The number of benzene rings is 1. The van der Waals surface area contributed by atoms with Gasteiger partial charge in [0.05, 0.1) is 30.0 Å². The van der Waals surface area contributed by atoms with Crippen LogP contribution in [-0.4, -0.2) is 42.9 Å². The molecule has 1 aromatic carbocycles. The molecular formula is C22H24F6N4O. The van der Waals surface area contributed by atoms with E-state index in [1.54, 1.807) is 0 Å². The molecule has 4 fully saturated rings. The zero-order valence-corrected chi connectivity index (χ0v) is 17.7. The van der Waals surface area contributed by atoms with Crippen molar-refractivity contribution in [3.8, 4) is 0 Å². The molecule has 1 saturated heterocycles. The van der Waals surface area contributed by atoms with Crippen molar-refractivity contribution in [3.63, 3.8) is 0 Å². The van der Waals surface area contributed by atoms with Crippen molar-refractivity contribution in [2.45, 2.75) is 49.7 Å². The first-order valence-corrected chi connectivity index (χ1v) is 11.4. The summed E-state index contributed by atoms with van der Waals surface area (Å²) in [6, 6.07) is 1.49. The van der Waals surface area contributed by atoms with E-state index >= 15 is 0 Å². The van der Waals surface area contributed by atoms with E-state index in [0.29, 0.717) is 38.1 Å². The molecule has 2 bridgehead atoms. The Bertz CT molecular complexity index is 942. The van der Waals surface area contributed by atoms with Crippen LogP contribution in [-0.2, 0) is 17.1 Å². The summed E-state index contributed by atoms with van der Waals surface area (Å²) in [5.41, 5.74) is -3.69. The number of alkyl halides is 6. The Hall–Kier alpha value is -1.88. The lowest BCUT2D eigenvalue weighted by atomic mass is 9.71. The Morgan fingerprint density at radius 3 is 2.15 bits per heavy atom. The number of morpholine rings is 1. The Morgan fingerprint density at radius 2 is 1.52 bits per heavy atom. The molecule has 5 nitrogen and oxygen atoms in total. The van der Waals surface area contributed by atoms with Crippen LogP contribution in [0.3, 0.4) is 0 Å². The van der Waals surface area contributed by atoms with E-state index in [1.165, 1.54) is 5.01 Å². The zero-order valence-electron chi connectivity index (χ0n) is 17.7. The van der Waals surface area contributed by atoms with E-state index in [-0.39, 0.29) is 29.6 Å². The maximum atomic E-state index is 13.6. The standard InChI is InChI=1S/C22H24F6N4O/c23-21(24,25)12-8-13(22(26,27)28)10-14(9-12)32-20(31-4-6-33-7-5-31)18-11-17(19(20)29-30-32)15-2-1-3-16(15)18/h8-10,15-19H,1-7,11H2/t15-,16-,17+,18-,19-,20-/m0/s1. The number of halogens is 6. The molecule has 1 aromatic rings. The lowest BCUT2D eigenvalue weighted by Gasteiger charge is -2.54. The third kappa shape index (κ3) is 3.00. The Morgan fingerprint density at radius 1 is 0.879 bits per heavy atom. The summed E-state index contributed by atoms with van der Waals surface area (Å²) in [6.07, 6.45) is -5.69. The molecule has 0 radical (unpaired) electrons. The highest BCUT2D eigenvalue weighted by Crippen LogP contribution is 2.67. The van der Waals surface area contributed by atoms with Gasteiger partial charge in [-0.15, -0.1) is 0 Å². The Labute approximate surface area is 186 Å². The third-order valence-corrected chi connectivity index (χ3v) is 8.54. The van der Waals surface area contributed by atoms with Crippen molar-refractivity contribution in [1.29, 1.82) is 0 Å². The van der Waals surface area contributed by atoms with Crippen molar-refractivity contribution in [3.05, 3.63) is 29.3 Å². The second kappa shape index (κ2) is 7.07. The molecule has 3 saturated carbocycles. The average molecular weight is 474 g/mol. The first-order chi connectivity index (χ1) is 15.6. The van der Waals surface area contributed by atoms with Gasteiger partial charge in [-0.2, -0.15) is 31.5 Å². The molecule has 0 aromatic heterocycles. The largest absolute Gasteiger partial charge is 0.416 e. The molecule has 3 aliphatic carbocycles. The third-order valence-electron chi connectivity index (χ3n) is 8.54. The first kappa shape index (κ1) is 21.6. The van der Waals surface area contributed by atoms with Gasteiger partial charge in [0.25, 0.3) is 0 Å². The molecule has 11 heteroatoms. The lowest BCUT2D eigenvalue weighted by molar-refractivity contribution is -0.143. The molecule has 33 heavy (non-hydrogen) atoms. The monoisotopic (exact) mass is 474 g/mol. The fraction of sp³-hybridized carbons (Fsp3) is 0.727. The average Bonchev–Trinajstić information content (AvgIpc) is 3.51. The minimum atomic E-state index is -4.91. The van der Waals surface area contributed by atoms with Gasteiger partial charge in [0.15, 0.2) is 0 Å². The summed E-state index contributed by atoms with van der Waals surface area (Å²) < 4.78 is 87.1. The van der Waals surface area contributed by atoms with Crippen molar-refractivity contribution in [2.24, 2.45) is 34.0 Å². The predicted molar refractivity (Wildman–Crippen MR) is 105 cm³/mol. The van der Waals surface area contributed by atoms with E-state index in [4.69, 9.17) is 4.74 Å². The van der Waals surface area contributed by atoms with Gasteiger partial charge in [0, 0.05) is 19.0 Å². The van der Waals surface area contributed by atoms with Crippen LogP contribution in [0.4, 0.5) is 32.0 Å². The Balaban J connectivity index is 1.51. The second-order valence-electron chi connectivity index (χ2n) is 9.87. The minimum absolute atomic E-state index is 0.0944. The fourth-order valence-electron chi connectivity index (χ4n) is 7.51. The highest BCUT2D eigenvalue weighted by atomic mass is 19.4. The van der Waals surface area contributed by atoms with Gasteiger partial charge in [0.1, 0.15) is 11.7 Å². The van der Waals surface area contributed by atoms with Gasteiger partial charge in [0.2, 0.25) is 0 Å². The van der Waals surface area contributed by atoms with Crippen LogP contribution in [0, 0.1) is 23.7 Å². The van der Waals surface area contributed by atoms with E-state index in [2.05, 4.69) is 15.2 Å². The summed E-state index contributed by atoms with van der Waals surface area (Å²) in [6.45, 7) is 2.02. The van der Waals surface area contributed by atoms with Crippen LogP contribution in [0.2, 0.25) is 0 Å². The maximum absolute atomic E-state index is 13.6. The molecule has 6 atom stereocenters. The van der Waals surface area contributed by atoms with Gasteiger partial charge >= 0.3 is 12.4 Å². The smallest absolute Gasteiger partial charge is 0.379 e. The van der Waals surface area contributed by atoms with Gasteiger partial charge in [-0.1, -0.05) is 11.6 Å². The molecule has 2 aliphatic heterocycles. The normalized spacial score (nSPS) is 38.2. The van der Waals surface area contributed by atoms with Gasteiger partial charge in [-0.05, 0) is 55.2 Å². The second-order valence-corrected chi connectivity index (χ2v) is 9.87. The number of hydrogen-bond donors (Lipinski definition) is 0. The quantitative estimate of drug-likeness (QED) is 0.541. The zero-order chi connectivity index (χ0) is 23.2. The lowest BCUT2D eigenvalue weighted by Crippen LogP contribution is -2.69. The Kier molecular flexibility index (Phi) is 4.63. The molecule has 0 amide bonds. The predicted octanol–water partition coefficient (Wildman–Crippen LogP) is 5.37. The maximum Gasteiger partial charge on any atom is 0.416 e. The summed E-state index contributed by atoms with van der Waals surface area (Å²) in [7, 11) is 0. The van der Waals surface area contributed by atoms with Crippen molar-refractivity contribution >= 4 is 5.69 Å². The van der Waals surface area contributed by atoms with Crippen molar-refractivity contribution < 1.29 is 31.1 Å². The van der Waals surface area contributed by atoms with Crippen molar-refractivity contribution in [1.82, 2.24) is 4.90 Å². The van der Waals surface area contributed by atoms with E-state index in [0.717, 1.165) is 37.8 Å². The minimum Gasteiger partial charge on any atom is -0.379 e. The van der Waals surface area contributed by atoms with Gasteiger partial charge in [-0.25, -0.2) is 5.01 Å². The van der Waals surface area contributed by atoms with E-state index in [9.17, 15) is 26.3 Å². The molecule has 0 N–H and O–H groups in total. The molecule has 2 heterocycles. The summed E-state index contributed by atoms with van der Waals surface area (Å²) in [5.74, 6) is 1.26. The molecule has 180 valence electrons. The van der Waals surface area contributed by atoms with Crippen LogP contribution < -0.4 is 5.01 Å². The molecular weight excluding hydrogens is 450 g/mol. The summed E-state index contributed by atoms with van der Waals surface area (Å²) in [5, 5.41) is 10.2. The summed E-state index contributed by atoms with van der Waals surface area (Å²) in [4.78, 5) is 2.17. The van der Waals surface area contributed by atoms with Gasteiger partial charge in [-0.3, -0.25) is 4.90 Å². The number of rotatable bonds is 2. The van der Waals surface area contributed by atoms with E-state index < -0.39 is 29.1 Å². The highest BCUT2D eigenvalue weighted by Gasteiger charge is 2.73. The molecule has 0 spiro atoms. The summed E-state index contributed by atoms with van der Waals surface area (Å²) >= 11 is 0. The number of hydrogen-bond acceptors (Lipinski definition) is 5. The first-order valence-electron chi connectivity index (χ1n) is 11.4. The molecule has 0 unspecified atom stereocenters. The van der Waals surface area contributed by atoms with E-state index in [1.807, 2.05) is 0 Å². The molecule has 6 rings (SSSR count). The van der Waals surface area contributed by atoms with Crippen LogP contribution in [0.5, 0.6) is 0 Å². The number of ether oxygens (including phenoxy) is 1. The number of anilines is 1. The number of fused-ring (bicyclic) bond motifs is 8. The van der Waals surface area contributed by atoms with Crippen molar-refractivity contribution in [2.75, 3.05) is 31.3 Å². The fourth-order valence-corrected chi connectivity index (χ4v) is 7.51. The van der Waals surface area contributed by atoms with Crippen LogP contribution in [0.1, 0.15) is 36.8 Å². The highest BCUT2D eigenvalue weighted by molar-refractivity contribution is 5.56. The van der Waals surface area contributed by atoms with Crippen LogP contribution in [0.15, 0.2) is 28.5 Å². The topological polar surface area (TPSA) is 40.4 Å². The van der Waals surface area contributed by atoms with Gasteiger partial charge < -0.3 is 4.74 Å².